The Kier molecular flexibility index (Phi) is 2.98. The van der Waals surface area contributed by atoms with Crippen LogP contribution in [-0.4, -0.2) is 18.0 Å². The highest BCUT2D eigenvalue weighted by Gasteiger charge is 2.32. The van der Waals surface area contributed by atoms with E-state index in [0.717, 1.165) is 17.9 Å². The molecule has 1 aliphatic heterocycles. The standard InChI is InChI=1S/C9H17BrO/c1-9(2,3)7-4-8(5-10)11-6-7/h7-8H,4-6H2,1-3H3/t7-,8+/m0/s1. The van der Waals surface area contributed by atoms with Crippen molar-refractivity contribution in [3.8, 4) is 0 Å². The molecule has 66 valence electrons. The predicted molar refractivity (Wildman–Crippen MR) is 51.1 cm³/mol. The summed E-state index contributed by atoms with van der Waals surface area (Å²) in [5.41, 5.74) is 0.414. The van der Waals surface area contributed by atoms with Gasteiger partial charge in [-0.25, -0.2) is 0 Å². The molecule has 0 aliphatic carbocycles. The normalized spacial score (nSPS) is 32.7. The number of alkyl halides is 1. The highest BCUT2D eigenvalue weighted by atomic mass is 79.9. The average molecular weight is 221 g/mol. The number of halogens is 1. The van der Waals surface area contributed by atoms with Crippen molar-refractivity contribution in [3.63, 3.8) is 0 Å². The predicted octanol–water partition coefficient (Wildman–Crippen LogP) is 2.83. The van der Waals surface area contributed by atoms with Crippen molar-refractivity contribution in [3.05, 3.63) is 0 Å². The van der Waals surface area contributed by atoms with Gasteiger partial charge in [0.1, 0.15) is 0 Å². The maximum absolute atomic E-state index is 5.59. The van der Waals surface area contributed by atoms with Crippen LogP contribution in [0.2, 0.25) is 0 Å². The molecule has 1 aliphatic rings. The fraction of sp³-hybridized carbons (Fsp3) is 1.00. The van der Waals surface area contributed by atoms with E-state index in [0.29, 0.717) is 11.5 Å². The van der Waals surface area contributed by atoms with E-state index < -0.39 is 0 Å². The second kappa shape index (κ2) is 3.44. The van der Waals surface area contributed by atoms with Gasteiger partial charge in [0.15, 0.2) is 0 Å². The van der Waals surface area contributed by atoms with E-state index in [-0.39, 0.29) is 0 Å². The van der Waals surface area contributed by atoms with Crippen LogP contribution in [0.5, 0.6) is 0 Å². The Balaban J connectivity index is 2.42. The van der Waals surface area contributed by atoms with Crippen molar-refractivity contribution < 1.29 is 4.74 Å². The van der Waals surface area contributed by atoms with Crippen molar-refractivity contribution in [1.29, 1.82) is 0 Å². The van der Waals surface area contributed by atoms with Crippen LogP contribution in [0.1, 0.15) is 27.2 Å². The zero-order valence-electron chi connectivity index (χ0n) is 7.56. The largest absolute Gasteiger partial charge is 0.377 e. The first-order chi connectivity index (χ1) is 5.04. The van der Waals surface area contributed by atoms with Gasteiger partial charge in [0.2, 0.25) is 0 Å². The highest BCUT2D eigenvalue weighted by molar-refractivity contribution is 9.09. The third kappa shape index (κ3) is 2.45. The number of ether oxygens (including phenoxy) is 1. The van der Waals surface area contributed by atoms with Crippen LogP contribution in [0.25, 0.3) is 0 Å². The van der Waals surface area contributed by atoms with Gasteiger partial charge in [-0.15, -0.1) is 0 Å². The van der Waals surface area contributed by atoms with E-state index in [9.17, 15) is 0 Å². The van der Waals surface area contributed by atoms with Gasteiger partial charge in [-0.1, -0.05) is 36.7 Å². The topological polar surface area (TPSA) is 9.23 Å². The molecule has 11 heavy (non-hydrogen) atoms. The fourth-order valence-corrected chi connectivity index (χ4v) is 1.87. The quantitative estimate of drug-likeness (QED) is 0.618. The molecule has 0 aromatic rings. The molecule has 1 heterocycles. The lowest BCUT2D eigenvalue weighted by atomic mass is 9.80. The lowest BCUT2D eigenvalue weighted by Crippen LogP contribution is -2.20. The Morgan fingerprint density at radius 3 is 2.36 bits per heavy atom. The SMILES string of the molecule is CC(C)(C)[C@@H]1CO[C@@H](CBr)C1. The highest BCUT2D eigenvalue weighted by Crippen LogP contribution is 2.35. The van der Waals surface area contributed by atoms with Crippen LogP contribution in [0.4, 0.5) is 0 Å². The van der Waals surface area contributed by atoms with Gasteiger partial charge in [0, 0.05) is 5.33 Å². The average Bonchev–Trinajstić information content (AvgIpc) is 2.32. The molecular weight excluding hydrogens is 204 g/mol. The number of hydrogen-bond donors (Lipinski definition) is 0. The van der Waals surface area contributed by atoms with Crippen LogP contribution in [0.15, 0.2) is 0 Å². The molecule has 0 bridgehead atoms. The maximum Gasteiger partial charge on any atom is 0.0675 e. The molecule has 0 aromatic heterocycles. The van der Waals surface area contributed by atoms with Crippen molar-refractivity contribution >= 4 is 15.9 Å². The second-order valence-corrected chi connectivity index (χ2v) is 5.06. The maximum atomic E-state index is 5.59. The smallest absolute Gasteiger partial charge is 0.0675 e. The summed E-state index contributed by atoms with van der Waals surface area (Å²) in [5, 5.41) is 0.986. The fourth-order valence-electron chi connectivity index (χ4n) is 1.42. The molecule has 1 fully saturated rings. The van der Waals surface area contributed by atoms with Gasteiger partial charge in [0.25, 0.3) is 0 Å². The van der Waals surface area contributed by atoms with Crippen LogP contribution >= 0.6 is 15.9 Å². The van der Waals surface area contributed by atoms with Crippen LogP contribution in [0, 0.1) is 11.3 Å². The van der Waals surface area contributed by atoms with Gasteiger partial charge < -0.3 is 4.74 Å². The van der Waals surface area contributed by atoms with Gasteiger partial charge in [-0.3, -0.25) is 0 Å². The Labute approximate surface area is 77.6 Å². The van der Waals surface area contributed by atoms with E-state index in [4.69, 9.17) is 4.74 Å². The minimum absolute atomic E-state index is 0.414. The Bertz CT molecular complexity index is 128. The monoisotopic (exact) mass is 220 g/mol. The molecule has 0 unspecified atom stereocenters. The van der Waals surface area contributed by atoms with E-state index in [1.54, 1.807) is 0 Å². The molecule has 2 atom stereocenters. The molecule has 0 N–H and O–H groups in total. The molecule has 1 saturated heterocycles. The minimum atomic E-state index is 0.414. The van der Waals surface area contributed by atoms with Crippen molar-refractivity contribution in [2.75, 3.05) is 11.9 Å². The second-order valence-electron chi connectivity index (χ2n) is 4.41. The molecule has 0 amide bonds. The van der Waals surface area contributed by atoms with E-state index in [1.165, 1.54) is 6.42 Å². The van der Waals surface area contributed by atoms with E-state index in [2.05, 4.69) is 36.7 Å². The summed E-state index contributed by atoms with van der Waals surface area (Å²) in [6, 6.07) is 0. The van der Waals surface area contributed by atoms with Crippen LogP contribution in [0.3, 0.4) is 0 Å². The summed E-state index contributed by atoms with van der Waals surface area (Å²) in [7, 11) is 0. The van der Waals surface area contributed by atoms with Gasteiger partial charge in [0.05, 0.1) is 12.7 Å². The van der Waals surface area contributed by atoms with Crippen LogP contribution in [-0.2, 0) is 4.74 Å². The zero-order valence-corrected chi connectivity index (χ0v) is 9.15. The first kappa shape index (κ1) is 9.53. The molecule has 1 nitrogen and oxygen atoms in total. The lowest BCUT2D eigenvalue weighted by molar-refractivity contribution is 0.111. The summed E-state index contributed by atoms with van der Waals surface area (Å²) >= 11 is 3.45. The molecule has 1 rings (SSSR count). The van der Waals surface area contributed by atoms with Gasteiger partial charge in [-0.05, 0) is 17.8 Å². The zero-order chi connectivity index (χ0) is 8.48. The van der Waals surface area contributed by atoms with Crippen molar-refractivity contribution in [2.24, 2.45) is 11.3 Å². The summed E-state index contributed by atoms with van der Waals surface area (Å²) < 4.78 is 5.59. The first-order valence-corrected chi connectivity index (χ1v) is 5.33. The lowest BCUT2D eigenvalue weighted by Gasteiger charge is -2.25. The van der Waals surface area contributed by atoms with Gasteiger partial charge in [-0.2, -0.15) is 0 Å². The molecule has 0 saturated carbocycles. The third-order valence-electron chi connectivity index (χ3n) is 2.48. The summed E-state index contributed by atoms with van der Waals surface area (Å²) in [6.07, 6.45) is 1.67. The molecule has 0 aromatic carbocycles. The Hall–Kier alpha value is 0.440. The van der Waals surface area contributed by atoms with Crippen LogP contribution < -0.4 is 0 Å². The van der Waals surface area contributed by atoms with Crippen molar-refractivity contribution in [2.45, 2.75) is 33.3 Å². The van der Waals surface area contributed by atoms with E-state index >= 15 is 0 Å². The minimum Gasteiger partial charge on any atom is -0.377 e. The number of rotatable bonds is 1. The number of hydrogen-bond acceptors (Lipinski definition) is 1. The third-order valence-corrected chi connectivity index (χ3v) is 3.20. The van der Waals surface area contributed by atoms with Crippen molar-refractivity contribution in [1.82, 2.24) is 0 Å². The molecular formula is C9H17BrO. The Morgan fingerprint density at radius 2 is 2.09 bits per heavy atom. The first-order valence-electron chi connectivity index (χ1n) is 4.21. The summed E-state index contributed by atoms with van der Waals surface area (Å²) in [6.45, 7) is 7.81. The molecule has 2 heteroatoms. The molecule has 0 spiro atoms. The summed E-state index contributed by atoms with van der Waals surface area (Å²) in [4.78, 5) is 0. The Morgan fingerprint density at radius 1 is 1.45 bits per heavy atom. The van der Waals surface area contributed by atoms with E-state index in [1.807, 2.05) is 0 Å². The summed E-state index contributed by atoms with van der Waals surface area (Å²) in [5.74, 6) is 0.741. The molecule has 0 radical (unpaired) electrons. The van der Waals surface area contributed by atoms with Gasteiger partial charge >= 0.3 is 0 Å².